The van der Waals surface area contributed by atoms with Crippen molar-refractivity contribution in [2.24, 2.45) is 0 Å². The van der Waals surface area contributed by atoms with E-state index >= 15 is 0 Å². The van der Waals surface area contributed by atoms with Crippen molar-refractivity contribution in [1.82, 2.24) is 5.32 Å². The van der Waals surface area contributed by atoms with Crippen molar-refractivity contribution < 1.29 is 4.79 Å². The third kappa shape index (κ3) is 3.08. The molecule has 1 aliphatic carbocycles. The van der Waals surface area contributed by atoms with Gasteiger partial charge >= 0.3 is 0 Å². The van der Waals surface area contributed by atoms with E-state index in [1.54, 1.807) is 0 Å². The number of carbonyl (C=O) groups is 1. The maximum Gasteiger partial charge on any atom is 0.257 e. The Morgan fingerprint density at radius 1 is 1.00 bits per heavy atom. The number of aryl methyl sites for hydroxylation is 3. The molecule has 3 aromatic carbocycles. The van der Waals surface area contributed by atoms with Gasteiger partial charge in [-0.25, -0.2) is 0 Å². The summed E-state index contributed by atoms with van der Waals surface area (Å²) in [5.41, 5.74) is 5.50. The molecule has 0 saturated carbocycles. The first-order valence-corrected chi connectivity index (χ1v) is 9.31. The van der Waals surface area contributed by atoms with Gasteiger partial charge in [0.1, 0.15) is 0 Å². The predicted octanol–water partition coefficient (Wildman–Crippen LogP) is 4.63. The second kappa shape index (κ2) is 6.89. The number of hydrogen-bond donors (Lipinski definition) is 2. The Balaban J connectivity index is 1.52. The van der Waals surface area contributed by atoms with Crippen LogP contribution in [0.15, 0.2) is 54.6 Å². The molecule has 4 rings (SSSR count). The van der Waals surface area contributed by atoms with Crippen LogP contribution in [0.25, 0.3) is 10.8 Å². The molecule has 0 aromatic heterocycles. The molecule has 0 bridgehead atoms. The summed E-state index contributed by atoms with van der Waals surface area (Å²) in [4.78, 5) is 12.4. The number of anilines is 1. The van der Waals surface area contributed by atoms with Crippen molar-refractivity contribution in [1.29, 1.82) is 0 Å². The van der Waals surface area contributed by atoms with E-state index in [1.807, 2.05) is 30.3 Å². The van der Waals surface area contributed by atoms with Gasteiger partial charge in [-0.15, -0.1) is 0 Å². The van der Waals surface area contributed by atoms with Crippen molar-refractivity contribution in [3.05, 3.63) is 76.9 Å². The Labute approximate surface area is 158 Å². The van der Waals surface area contributed by atoms with Gasteiger partial charge in [0, 0.05) is 16.6 Å². The molecule has 0 atom stereocenters. The number of thiocarbonyl (C=S) groups is 1. The summed E-state index contributed by atoms with van der Waals surface area (Å²) in [5.74, 6) is -0.198. The van der Waals surface area contributed by atoms with Crippen LogP contribution in [-0.2, 0) is 19.3 Å². The highest BCUT2D eigenvalue weighted by atomic mass is 32.1. The molecule has 3 aromatic rings. The van der Waals surface area contributed by atoms with Gasteiger partial charge in [0.15, 0.2) is 5.11 Å². The van der Waals surface area contributed by atoms with E-state index in [0.29, 0.717) is 10.7 Å². The molecule has 2 N–H and O–H groups in total. The molecule has 1 aliphatic rings. The van der Waals surface area contributed by atoms with Crippen LogP contribution in [0.3, 0.4) is 0 Å². The molecule has 0 heterocycles. The van der Waals surface area contributed by atoms with E-state index < -0.39 is 0 Å². The lowest BCUT2D eigenvalue weighted by molar-refractivity contribution is 0.0977. The topological polar surface area (TPSA) is 41.1 Å². The normalized spacial score (nSPS) is 12.2. The molecule has 1 amide bonds. The summed E-state index contributed by atoms with van der Waals surface area (Å²) in [6.45, 7) is 2.09. The van der Waals surface area contributed by atoms with Gasteiger partial charge in [0.25, 0.3) is 5.91 Å². The average Bonchev–Trinajstić information content (AvgIpc) is 3.09. The first-order chi connectivity index (χ1) is 12.7. The summed E-state index contributed by atoms with van der Waals surface area (Å²) >= 11 is 5.36. The van der Waals surface area contributed by atoms with Gasteiger partial charge < -0.3 is 5.32 Å². The number of carbonyl (C=O) groups excluding carboxylic acids is 1. The van der Waals surface area contributed by atoms with Crippen LogP contribution in [0.4, 0.5) is 5.69 Å². The van der Waals surface area contributed by atoms with E-state index in [9.17, 15) is 4.79 Å². The summed E-state index contributed by atoms with van der Waals surface area (Å²) in [5, 5.41) is 8.75. The Morgan fingerprint density at radius 3 is 2.46 bits per heavy atom. The van der Waals surface area contributed by atoms with Crippen LogP contribution in [0, 0.1) is 0 Å². The standard InChI is InChI=1S/C22H20N2OS/c1-2-14-6-8-17(9-7-14)21(25)24-22(26)23-19-13-12-16-11-10-15-4-3-5-18(19)20(15)16/h3-9,12-13H,2,10-11H2,1H3,(H2,23,24,25,26). The van der Waals surface area contributed by atoms with Crippen molar-refractivity contribution in [2.45, 2.75) is 26.2 Å². The minimum absolute atomic E-state index is 0.198. The van der Waals surface area contributed by atoms with E-state index in [2.05, 4.69) is 41.8 Å². The Morgan fingerprint density at radius 2 is 1.73 bits per heavy atom. The highest BCUT2D eigenvalue weighted by Gasteiger charge is 2.16. The lowest BCUT2D eigenvalue weighted by Gasteiger charge is -2.13. The van der Waals surface area contributed by atoms with Gasteiger partial charge in [0.2, 0.25) is 0 Å². The van der Waals surface area contributed by atoms with E-state index in [0.717, 1.165) is 30.3 Å². The quantitative estimate of drug-likeness (QED) is 0.669. The molecule has 0 saturated heterocycles. The zero-order valence-electron chi connectivity index (χ0n) is 14.6. The number of hydrogen-bond acceptors (Lipinski definition) is 2. The van der Waals surface area contributed by atoms with Crippen molar-refractivity contribution in [3.63, 3.8) is 0 Å². The first-order valence-electron chi connectivity index (χ1n) is 8.90. The SMILES string of the molecule is CCc1ccc(C(=O)NC(=S)Nc2ccc3c4c(cccc24)CC3)cc1. The number of benzene rings is 3. The van der Waals surface area contributed by atoms with Crippen LogP contribution in [0.5, 0.6) is 0 Å². The zero-order chi connectivity index (χ0) is 18.1. The van der Waals surface area contributed by atoms with Crippen LogP contribution >= 0.6 is 12.2 Å². The fourth-order valence-corrected chi connectivity index (χ4v) is 3.78. The molecule has 3 nitrogen and oxygen atoms in total. The van der Waals surface area contributed by atoms with Gasteiger partial charge in [-0.3, -0.25) is 10.1 Å². The molecule has 0 radical (unpaired) electrons. The third-order valence-electron chi connectivity index (χ3n) is 4.98. The van der Waals surface area contributed by atoms with E-state index in [-0.39, 0.29) is 5.91 Å². The van der Waals surface area contributed by atoms with Gasteiger partial charge in [0.05, 0.1) is 0 Å². The number of rotatable bonds is 3. The average molecular weight is 360 g/mol. The van der Waals surface area contributed by atoms with Gasteiger partial charge in [-0.05, 0) is 71.8 Å². The summed E-state index contributed by atoms with van der Waals surface area (Å²) in [6.07, 6.45) is 3.13. The maximum atomic E-state index is 12.4. The molecule has 0 fully saturated rings. The van der Waals surface area contributed by atoms with Crippen LogP contribution in [0.2, 0.25) is 0 Å². The van der Waals surface area contributed by atoms with E-state index in [4.69, 9.17) is 12.2 Å². The van der Waals surface area contributed by atoms with Crippen LogP contribution in [0.1, 0.15) is 34.0 Å². The minimum atomic E-state index is -0.198. The highest BCUT2D eigenvalue weighted by Crippen LogP contribution is 2.34. The van der Waals surface area contributed by atoms with Crippen LogP contribution < -0.4 is 10.6 Å². The highest BCUT2D eigenvalue weighted by molar-refractivity contribution is 7.80. The third-order valence-corrected chi connectivity index (χ3v) is 5.18. The Bertz CT molecular complexity index is 998. The van der Waals surface area contributed by atoms with Crippen molar-refractivity contribution in [3.8, 4) is 0 Å². The second-order valence-electron chi connectivity index (χ2n) is 6.57. The lowest BCUT2D eigenvalue weighted by atomic mass is 10.0. The minimum Gasteiger partial charge on any atom is -0.332 e. The molecule has 0 spiro atoms. The second-order valence-corrected chi connectivity index (χ2v) is 6.98. The number of nitrogens with one attached hydrogen (secondary N) is 2. The Hall–Kier alpha value is -2.72. The molecule has 130 valence electrons. The molecule has 4 heteroatoms. The lowest BCUT2D eigenvalue weighted by Crippen LogP contribution is -2.34. The van der Waals surface area contributed by atoms with E-state index in [1.165, 1.54) is 22.1 Å². The summed E-state index contributed by atoms with van der Waals surface area (Å²) in [7, 11) is 0. The van der Waals surface area contributed by atoms with Crippen LogP contribution in [-0.4, -0.2) is 11.0 Å². The fourth-order valence-electron chi connectivity index (χ4n) is 3.58. The number of amides is 1. The van der Waals surface area contributed by atoms with Gasteiger partial charge in [-0.1, -0.05) is 43.3 Å². The molecule has 0 aliphatic heterocycles. The summed E-state index contributed by atoms with van der Waals surface area (Å²) in [6, 6.07) is 18.1. The molecule has 26 heavy (non-hydrogen) atoms. The predicted molar refractivity (Wildman–Crippen MR) is 111 cm³/mol. The van der Waals surface area contributed by atoms with Crippen molar-refractivity contribution >= 4 is 39.7 Å². The van der Waals surface area contributed by atoms with Crippen molar-refractivity contribution in [2.75, 3.05) is 5.32 Å². The molecule has 0 unspecified atom stereocenters. The maximum absolute atomic E-state index is 12.4. The fraction of sp³-hybridized carbons (Fsp3) is 0.182. The first kappa shape index (κ1) is 16.7. The smallest absolute Gasteiger partial charge is 0.257 e. The molecular weight excluding hydrogens is 340 g/mol. The Kier molecular flexibility index (Phi) is 4.43. The summed E-state index contributed by atoms with van der Waals surface area (Å²) < 4.78 is 0. The monoisotopic (exact) mass is 360 g/mol. The zero-order valence-corrected chi connectivity index (χ0v) is 15.5. The largest absolute Gasteiger partial charge is 0.332 e. The molecular formula is C22H20N2OS. The van der Waals surface area contributed by atoms with Gasteiger partial charge in [-0.2, -0.15) is 0 Å².